The number of nitro groups is 1. The Kier molecular flexibility index (Phi) is 2.43. The van der Waals surface area contributed by atoms with Crippen molar-refractivity contribution in [1.82, 2.24) is 15.4 Å². The summed E-state index contributed by atoms with van der Waals surface area (Å²) in [4.78, 5) is 19.7. The Morgan fingerprint density at radius 3 is 2.77 bits per heavy atom. The summed E-state index contributed by atoms with van der Waals surface area (Å²) in [6, 6.07) is -0.746. The van der Waals surface area contributed by atoms with Gasteiger partial charge in [0.2, 0.25) is 0 Å². The maximum Gasteiger partial charge on any atom is 0.386 e. The van der Waals surface area contributed by atoms with Crippen LogP contribution in [0.15, 0.2) is 12.3 Å². The van der Waals surface area contributed by atoms with E-state index in [0.717, 1.165) is 12.3 Å². The number of nitrogens with zero attached hydrogens (tertiary/aromatic N) is 4. The quantitative estimate of drug-likeness (QED) is 0.485. The molecule has 1 heterocycles. The molecule has 0 amide bonds. The Bertz CT molecular complexity index is 313. The van der Waals surface area contributed by atoms with Crippen LogP contribution in [-0.2, 0) is 4.79 Å². The third kappa shape index (κ3) is 1.92. The van der Waals surface area contributed by atoms with E-state index in [9.17, 15) is 14.9 Å². The van der Waals surface area contributed by atoms with Crippen LogP contribution in [0.4, 0.5) is 0 Å². The zero-order valence-corrected chi connectivity index (χ0v) is 6.19. The summed E-state index contributed by atoms with van der Waals surface area (Å²) in [5, 5.41) is 28.4. The van der Waals surface area contributed by atoms with E-state index in [4.69, 9.17) is 5.11 Å². The molecule has 1 aromatic heterocycles. The first-order valence-corrected chi connectivity index (χ1v) is 3.13. The third-order valence-electron chi connectivity index (χ3n) is 1.25. The van der Waals surface area contributed by atoms with Crippen molar-refractivity contribution in [1.29, 1.82) is 0 Å². The van der Waals surface area contributed by atoms with Crippen LogP contribution in [0.3, 0.4) is 0 Å². The zero-order valence-electron chi connectivity index (χ0n) is 6.19. The lowest BCUT2D eigenvalue weighted by Gasteiger charge is -2.00. The van der Waals surface area contributed by atoms with E-state index < -0.39 is 16.9 Å². The molecule has 0 aromatic carbocycles. The van der Waals surface area contributed by atoms with Crippen molar-refractivity contribution in [2.45, 2.75) is 6.04 Å². The lowest BCUT2D eigenvalue weighted by molar-refractivity contribution is -0.517. The topological polar surface area (TPSA) is 119 Å². The molecule has 1 aromatic rings. The fourth-order valence-electron chi connectivity index (χ4n) is 0.721. The molecule has 1 N–H and O–H groups in total. The highest BCUT2D eigenvalue weighted by molar-refractivity contribution is 5.73. The van der Waals surface area contributed by atoms with Crippen LogP contribution >= 0.6 is 0 Å². The van der Waals surface area contributed by atoms with Crippen molar-refractivity contribution < 1.29 is 14.8 Å². The first-order chi connectivity index (χ1) is 6.13. The van der Waals surface area contributed by atoms with Gasteiger partial charge in [0, 0.05) is 4.92 Å². The van der Waals surface area contributed by atoms with E-state index in [2.05, 4.69) is 15.4 Å². The average molecular weight is 184 g/mol. The molecule has 0 spiro atoms. The van der Waals surface area contributed by atoms with Crippen molar-refractivity contribution in [3.8, 4) is 0 Å². The van der Waals surface area contributed by atoms with Crippen LogP contribution < -0.4 is 0 Å². The normalized spacial score (nSPS) is 12.0. The molecule has 1 rings (SSSR count). The molecule has 0 aliphatic heterocycles. The number of carboxylic acids is 1. The van der Waals surface area contributed by atoms with Gasteiger partial charge in [-0.1, -0.05) is 0 Å². The van der Waals surface area contributed by atoms with E-state index in [1.807, 2.05) is 0 Å². The number of carboxylic acid groups (broad SMARTS) is 1. The minimum Gasteiger partial charge on any atom is -0.476 e. The van der Waals surface area contributed by atoms with Crippen molar-refractivity contribution in [2.75, 3.05) is 0 Å². The maximum atomic E-state index is 10.4. The fraction of sp³-hybridized carbons (Fsp3) is 0.200. The summed E-state index contributed by atoms with van der Waals surface area (Å²) in [5.74, 6) is -1.58. The number of carbonyl (C=O) groups is 1. The minimum absolute atomic E-state index is 0.243. The number of hydrogen-bond acceptors (Lipinski definition) is 6. The van der Waals surface area contributed by atoms with E-state index in [1.165, 1.54) is 0 Å². The van der Waals surface area contributed by atoms with E-state index in [0.29, 0.717) is 0 Å². The van der Waals surface area contributed by atoms with Crippen LogP contribution in [0.1, 0.15) is 11.7 Å². The molecule has 0 radical (unpaired) electrons. The van der Waals surface area contributed by atoms with E-state index >= 15 is 0 Å². The average Bonchev–Trinajstić information content (AvgIpc) is 2.04. The van der Waals surface area contributed by atoms with Crippen LogP contribution in [0.5, 0.6) is 0 Å². The number of aliphatic carboxylic acids is 1. The molecule has 8 heteroatoms. The Morgan fingerprint density at radius 2 is 2.38 bits per heavy atom. The van der Waals surface area contributed by atoms with Gasteiger partial charge >= 0.3 is 12.0 Å². The largest absolute Gasteiger partial charge is 0.476 e. The molecule has 0 saturated carbocycles. The van der Waals surface area contributed by atoms with E-state index in [-0.39, 0.29) is 5.69 Å². The molecule has 13 heavy (non-hydrogen) atoms. The third-order valence-corrected chi connectivity index (χ3v) is 1.25. The molecule has 68 valence electrons. The number of hydrogen-bond donors (Lipinski definition) is 1. The molecule has 0 aliphatic rings. The Morgan fingerprint density at radius 1 is 1.69 bits per heavy atom. The summed E-state index contributed by atoms with van der Waals surface area (Å²) in [6.07, 6.45) is 1.14. The Balaban J connectivity index is 3.03. The second-order valence-electron chi connectivity index (χ2n) is 2.07. The highest BCUT2D eigenvalue weighted by Crippen LogP contribution is 2.11. The first-order valence-electron chi connectivity index (χ1n) is 3.13. The van der Waals surface area contributed by atoms with E-state index in [1.54, 1.807) is 0 Å². The first kappa shape index (κ1) is 8.97. The molecule has 8 nitrogen and oxygen atoms in total. The van der Waals surface area contributed by atoms with Gasteiger partial charge in [0.25, 0.3) is 0 Å². The predicted molar refractivity (Wildman–Crippen MR) is 37.2 cm³/mol. The van der Waals surface area contributed by atoms with Crippen molar-refractivity contribution >= 4 is 5.97 Å². The second kappa shape index (κ2) is 3.52. The Hall–Kier alpha value is -2.12. The van der Waals surface area contributed by atoms with Gasteiger partial charge in [-0.3, -0.25) is 10.1 Å². The molecule has 1 unspecified atom stereocenters. The van der Waals surface area contributed by atoms with Crippen LogP contribution in [0.25, 0.3) is 0 Å². The SMILES string of the molecule is O=C(O)C(c1ccnnn1)[N+](=O)[O-]. The lowest BCUT2D eigenvalue weighted by atomic mass is 10.2. The molecule has 0 bridgehead atoms. The van der Waals surface area contributed by atoms with Crippen LogP contribution in [-0.4, -0.2) is 31.4 Å². The van der Waals surface area contributed by atoms with Gasteiger partial charge < -0.3 is 5.11 Å². The standard InChI is InChI=1S/C5H4N4O4/c10-5(11)4(9(12)13)3-1-2-6-8-7-3/h1-2,4H,(H,10,11). The van der Waals surface area contributed by atoms with Gasteiger partial charge in [-0.2, -0.15) is 0 Å². The van der Waals surface area contributed by atoms with Crippen LogP contribution in [0, 0.1) is 10.1 Å². The van der Waals surface area contributed by atoms with Crippen molar-refractivity contribution in [2.24, 2.45) is 0 Å². The summed E-state index contributed by atoms with van der Waals surface area (Å²) in [7, 11) is 0. The van der Waals surface area contributed by atoms with Gasteiger partial charge in [0.05, 0.1) is 6.20 Å². The van der Waals surface area contributed by atoms with Gasteiger partial charge in [-0.05, 0) is 11.3 Å². The minimum atomic E-state index is -1.88. The highest BCUT2D eigenvalue weighted by Gasteiger charge is 2.33. The smallest absolute Gasteiger partial charge is 0.386 e. The summed E-state index contributed by atoms with van der Waals surface area (Å²) >= 11 is 0. The molecule has 0 fully saturated rings. The molecular weight excluding hydrogens is 180 g/mol. The monoisotopic (exact) mass is 184 g/mol. The molecular formula is C5H4N4O4. The number of rotatable bonds is 3. The van der Waals surface area contributed by atoms with Gasteiger partial charge in [-0.15, -0.1) is 10.2 Å². The summed E-state index contributed by atoms with van der Waals surface area (Å²) < 4.78 is 0. The molecule has 0 aliphatic carbocycles. The predicted octanol–water partition coefficient (Wildman–Crippen LogP) is -0.726. The van der Waals surface area contributed by atoms with Gasteiger partial charge in [-0.25, -0.2) is 4.79 Å². The Labute approximate surface area is 71.4 Å². The van der Waals surface area contributed by atoms with Crippen molar-refractivity contribution in [3.05, 3.63) is 28.1 Å². The van der Waals surface area contributed by atoms with Crippen LogP contribution in [0.2, 0.25) is 0 Å². The lowest BCUT2D eigenvalue weighted by Crippen LogP contribution is -2.21. The maximum absolute atomic E-state index is 10.4. The second-order valence-corrected chi connectivity index (χ2v) is 2.07. The van der Waals surface area contributed by atoms with Gasteiger partial charge in [0.1, 0.15) is 0 Å². The summed E-state index contributed by atoms with van der Waals surface area (Å²) in [6.45, 7) is 0. The summed E-state index contributed by atoms with van der Waals surface area (Å²) in [5.41, 5.74) is -0.243. The molecule has 0 saturated heterocycles. The number of aromatic nitrogens is 3. The fourth-order valence-corrected chi connectivity index (χ4v) is 0.721. The zero-order chi connectivity index (χ0) is 9.84. The van der Waals surface area contributed by atoms with Crippen molar-refractivity contribution in [3.63, 3.8) is 0 Å². The highest BCUT2D eigenvalue weighted by atomic mass is 16.6. The van der Waals surface area contributed by atoms with Gasteiger partial charge in [0.15, 0.2) is 5.69 Å². The molecule has 1 atom stereocenters.